The van der Waals surface area contributed by atoms with Crippen molar-refractivity contribution < 1.29 is 23.6 Å². The molecule has 0 bridgehead atoms. The van der Waals surface area contributed by atoms with E-state index in [0.29, 0.717) is 22.4 Å². The van der Waals surface area contributed by atoms with Crippen LogP contribution in [0.25, 0.3) is 0 Å². The van der Waals surface area contributed by atoms with Crippen LogP contribution in [0.5, 0.6) is 5.75 Å². The van der Waals surface area contributed by atoms with Crippen LogP contribution in [0.15, 0.2) is 12.1 Å². The maximum absolute atomic E-state index is 5.95. The molecule has 0 aromatic heterocycles. The summed E-state index contributed by atoms with van der Waals surface area (Å²) in [5.74, 6) is 0.658. The molecule has 5 heteroatoms. The summed E-state index contributed by atoms with van der Waals surface area (Å²) in [6.45, 7) is 3.99. The third-order valence-electron chi connectivity index (χ3n) is 2.69. The van der Waals surface area contributed by atoms with E-state index in [0.717, 1.165) is 6.54 Å². The van der Waals surface area contributed by atoms with Gasteiger partial charge in [-0.15, -0.1) is 41.4 Å². The van der Waals surface area contributed by atoms with E-state index >= 15 is 0 Å². The number of likely N-dealkylation sites (tertiary alicyclic amines) is 1. The molecule has 0 aliphatic carbocycles. The number of benzene rings is 1. The zero-order valence-electron chi connectivity index (χ0n) is 10.0. The van der Waals surface area contributed by atoms with Crippen molar-refractivity contribution in [3.05, 3.63) is 28.2 Å². The molecule has 2 nitrogen and oxygen atoms in total. The summed E-state index contributed by atoms with van der Waals surface area (Å²) in [6.07, 6.45) is 2.60. The fraction of sp³-hybridized carbons (Fsp3) is 0.500. The van der Waals surface area contributed by atoms with Crippen molar-refractivity contribution in [1.29, 1.82) is 0 Å². The summed E-state index contributed by atoms with van der Waals surface area (Å²) in [5, 5.41) is 0.964. The van der Waals surface area contributed by atoms with Gasteiger partial charge in [0.2, 0.25) is 0 Å². The zero-order chi connectivity index (χ0) is 11.4. The number of hydrogen-bond acceptors (Lipinski definition) is 2. The van der Waals surface area contributed by atoms with Crippen molar-refractivity contribution in [1.82, 2.24) is 4.90 Å². The predicted octanol–water partition coefficient (Wildman–Crippen LogP) is 0.272. The van der Waals surface area contributed by atoms with Gasteiger partial charge in [0.1, 0.15) is 0 Å². The largest absolute Gasteiger partial charge is 1.00 e. The average molecular weight is 266 g/mol. The van der Waals surface area contributed by atoms with Crippen LogP contribution in [0.4, 0.5) is 0 Å². The second kappa shape index (κ2) is 7.56. The maximum atomic E-state index is 5.95. The number of rotatable bonds is 4. The Morgan fingerprint density at radius 1 is 1.24 bits per heavy atom. The van der Waals surface area contributed by atoms with Crippen molar-refractivity contribution in [3.63, 3.8) is 0 Å². The van der Waals surface area contributed by atoms with Crippen molar-refractivity contribution in [2.45, 2.75) is 12.8 Å². The van der Waals surface area contributed by atoms with Crippen molar-refractivity contribution in [2.24, 2.45) is 0 Å². The Kier molecular flexibility index (Phi) is 6.77. The summed E-state index contributed by atoms with van der Waals surface area (Å²) >= 11 is 11.7. The second-order valence-electron chi connectivity index (χ2n) is 3.88. The van der Waals surface area contributed by atoms with Gasteiger partial charge in [0.15, 0.2) is 0 Å². The summed E-state index contributed by atoms with van der Waals surface area (Å²) in [5.41, 5.74) is 0. The molecule has 0 radical (unpaired) electrons. The van der Waals surface area contributed by atoms with E-state index in [2.05, 4.69) is 11.0 Å². The van der Waals surface area contributed by atoms with Gasteiger partial charge in [0, 0.05) is 12.3 Å². The van der Waals surface area contributed by atoms with Gasteiger partial charge < -0.3 is 9.64 Å². The van der Waals surface area contributed by atoms with E-state index in [1.54, 1.807) is 12.1 Å². The Morgan fingerprint density at radius 2 is 1.94 bits per heavy atom. The molecule has 0 atom stereocenters. The molecular formula is C12H14Cl2LiNO. The van der Waals surface area contributed by atoms with Gasteiger partial charge in [-0.1, -0.05) is 5.02 Å². The molecule has 2 rings (SSSR count). The Hall–Kier alpha value is 0.157. The molecule has 0 amide bonds. The average Bonchev–Trinajstić information content (AvgIpc) is 2.74. The van der Waals surface area contributed by atoms with Crippen LogP contribution >= 0.6 is 23.2 Å². The number of halogens is 2. The molecule has 1 saturated heterocycles. The first-order valence-electron chi connectivity index (χ1n) is 5.48. The Labute approximate surface area is 124 Å². The van der Waals surface area contributed by atoms with Gasteiger partial charge in [-0.3, -0.25) is 0 Å². The van der Waals surface area contributed by atoms with E-state index in [-0.39, 0.29) is 18.9 Å². The smallest absolute Gasteiger partial charge is 0.548 e. The second-order valence-corrected chi connectivity index (χ2v) is 4.67. The molecule has 0 unspecified atom stereocenters. The number of nitrogens with zero attached hydrogens (tertiary/aromatic N) is 1. The quantitative estimate of drug-likeness (QED) is 0.573. The monoisotopic (exact) mass is 265 g/mol. The van der Waals surface area contributed by atoms with Crippen LogP contribution in [0.1, 0.15) is 12.8 Å². The molecule has 1 aliphatic rings. The third kappa shape index (κ3) is 4.73. The molecule has 1 aliphatic heterocycles. The first-order chi connectivity index (χ1) is 7.75. The molecular weight excluding hydrogens is 252 g/mol. The minimum Gasteiger partial charge on any atom is -0.548 e. The SMILES string of the molecule is Clc1[c-]c(Cl)c(OCCN2CCCC2)cc1.[Li+]. The van der Waals surface area contributed by atoms with Crippen LogP contribution in [-0.2, 0) is 0 Å². The van der Waals surface area contributed by atoms with E-state index < -0.39 is 0 Å². The molecule has 0 spiro atoms. The Morgan fingerprint density at radius 3 is 2.59 bits per heavy atom. The van der Waals surface area contributed by atoms with Crippen LogP contribution in [0.3, 0.4) is 0 Å². The third-order valence-corrected chi connectivity index (χ3v) is 3.19. The van der Waals surface area contributed by atoms with Crippen molar-refractivity contribution in [3.8, 4) is 5.75 Å². The topological polar surface area (TPSA) is 12.5 Å². The normalized spacial score (nSPS) is 15.6. The molecule has 0 N–H and O–H groups in total. The van der Waals surface area contributed by atoms with Crippen molar-refractivity contribution >= 4 is 23.2 Å². The standard InChI is InChI=1S/C12H14Cl2NO.Li/c13-10-3-4-12(11(14)9-10)16-8-7-15-5-1-2-6-15;/h3-4H,1-2,5-8H2;/q-1;+1. The Balaban J connectivity index is 0.00000144. The van der Waals surface area contributed by atoms with E-state index in [1.165, 1.54) is 25.9 Å². The minimum absolute atomic E-state index is 0. The molecule has 17 heavy (non-hydrogen) atoms. The maximum Gasteiger partial charge on any atom is 1.00 e. The van der Waals surface area contributed by atoms with Crippen LogP contribution in [0, 0.1) is 6.07 Å². The summed E-state index contributed by atoms with van der Waals surface area (Å²) < 4.78 is 5.59. The zero-order valence-corrected chi connectivity index (χ0v) is 11.5. The van der Waals surface area contributed by atoms with Crippen LogP contribution in [0.2, 0.25) is 10.0 Å². The fourth-order valence-electron chi connectivity index (χ4n) is 1.83. The van der Waals surface area contributed by atoms with E-state index in [1.807, 2.05) is 0 Å². The number of hydrogen-bond donors (Lipinski definition) is 0. The van der Waals surface area contributed by atoms with E-state index in [9.17, 15) is 0 Å². The molecule has 1 fully saturated rings. The summed E-state index contributed by atoms with van der Waals surface area (Å²) in [7, 11) is 0. The van der Waals surface area contributed by atoms with Crippen LogP contribution in [-0.4, -0.2) is 31.1 Å². The molecule has 1 heterocycles. The number of ether oxygens (including phenoxy) is 1. The van der Waals surface area contributed by atoms with Gasteiger partial charge in [-0.25, -0.2) is 0 Å². The van der Waals surface area contributed by atoms with Gasteiger partial charge in [0.05, 0.1) is 6.61 Å². The summed E-state index contributed by atoms with van der Waals surface area (Å²) in [6, 6.07) is 6.33. The minimum atomic E-state index is 0. The summed E-state index contributed by atoms with van der Waals surface area (Å²) in [4.78, 5) is 2.40. The first-order valence-corrected chi connectivity index (χ1v) is 6.24. The van der Waals surface area contributed by atoms with Crippen molar-refractivity contribution in [2.75, 3.05) is 26.2 Å². The van der Waals surface area contributed by atoms with Gasteiger partial charge in [-0.2, -0.15) is 0 Å². The molecule has 1 aromatic rings. The molecule has 0 saturated carbocycles. The first kappa shape index (κ1) is 15.2. The molecule has 88 valence electrons. The Bertz CT molecular complexity index is 356. The fourth-order valence-corrected chi connectivity index (χ4v) is 2.26. The van der Waals surface area contributed by atoms with Gasteiger partial charge >= 0.3 is 18.9 Å². The van der Waals surface area contributed by atoms with E-state index in [4.69, 9.17) is 27.9 Å². The van der Waals surface area contributed by atoms with Gasteiger partial charge in [-0.05, 0) is 31.0 Å². The molecule has 1 aromatic carbocycles. The predicted molar refractivity (Wildman–Crippen MR) is 66.5 cm³/mol. The van der Waals surface area contributed by atoms with Gasteiger partial charge in [0.25, 0.3) is 0 Å². The van der Waals surface area contributed by atoms with Crippen LogP contribution < -0.4 is 23.6 Å².